The Morgan fingerprint density at radius 2 is 2.00 bits per heavy atom. The monoisotopic (exact) mass is 236 g/mol. The van der Waals surface area contributed by atoms with Crippen molar-refractivity contribution in [2.75, 3.05) is 0 Å². The third kappa shape index (κ3) is 2.79. The van der Waals surface area contributed by atoms with E-state index < -0.39 is 8.07 Å². The van der Waals surface area contributed by atoms with E-state index in [1.807, 2.05) is 6.07 Å². The average Bonchev–Trinajstić information content (AvgIpc) is 2.16. The van der Waals surface area contributed by atoms with Crippen LogP contribution in [0.4, 0.5) is 0 Å². The summed E-state index contributed by atoms with van der Waals surface area (Å²) in [5.74, 6) is -0.374. The number of ketones is 1. The van der Waals surface area contributed by atoms with Crippen molar-refractivity contribution in [1.82, 2.24) is 0 Å². The van der Waals surface area contributed by atoms with Crippen LogP contribution >= 0.6 is 0 Å². The van der Waals surface area contributed by atoms with E-state index in [0.717, 1.165) is 5.19 Å². The first-order valence-corrected chi connectivity index (χ1v) is 8.66. The molecule has 0 aliphatic rings. The van der Waals surface area contributed by atoms with Gasteiger partial charge < -0.3 is 9.90 Å². The molecule has 0 aromatic heterocycles. The first-order chi connectivity index (χ1) is 7.36. The van der Waals surface area contributed by atoms with Crippen molar-refractivity contribution in [3.05, 3.63) is 23.8 Å². The molecule has 1 aromatic carbocycles. The minimum atomic E-state index is -1.51. The summed E-state index contributed by atoms with van der Waals surface area (Å²) >= 11 is 0. The van der Waals surface area contributed by atoms with Gasteiger partial charge in [-0.15, -0.1) is 0 Å². The number of benzene rings is 1. The maximum absolute atomic E-state index is 11.6. The molecule has 1 N–H and O–H groups in total. The van der Waals surface area contributed by atoms with Gasteiger partial charge in [-0.2, -0.15) is 0 Å². The molecular formula is C12H16O3Si. The zero-order chi connectivity index (χ0) is 12.3. The number of hydrogen-bond donors (Lipinski definition) is 1. The van der Waals surface area contributed by atoms with Gasteiger partial charge >= 0.3 is 0 Å². The van der Waals surface area contributed by atoms with Crippen molar-refractivity contribution in [2.45, 2.75) is 26.1 Å². The molecule has 0 unspecified atom stereocenters. The Hall–Kier alpha value is -1.42. The average molecular weight is 236 g/mol. The molecule has 16 heavy (non-hydrogen) atoms. The van der Waals surface area contributed by atoms with E-state index in [1.165, 1.54) is 6.07 Å². The Labute approximate surface area is 96.1 Å². The van der Waals surface area contributed by atoms with Crippen LogP contribution in [0.3, 0.4) is 0 Å². The summed E-state index contributed by atoms with van der Waals surface area (Å²) in [6.07, 6.45) is 0.381. The molecule has 0 atom stereocenters. The number of carbonyl (C=O) groups is 2. The minimum Gasteiger partial charge on any atom is -0.507 e. The molecule has 0 aliphatic heterocycles. The molecule has 0 spiro atoms. The lowest BCUT2D eigenvalue weighted by molar-refractivity contribution is -0.107. The fourth-order valence-electron chi connectivity index (χ4n) is 1.41. The molecule has 0 radical (unpaired) electrons. The van der Waals surface area contributed by atoms with E-state index in [4.69, 9.17) is 0 Å². The Bertz CT molecular complexity index is 419. The number of phenols is 1. The number of carbonyl (C=O) groups excluding carboxylic acids is 2. The summed E-state index contributed by atoms with van der Waals surface area (Å²) in [5.41, 5.74) is 0.257. The molecule has 1 aromatic rings. The second-order valence-electron chi connectivity index (χ2n) is 4.78. The van der Waals surface area contributed by atoms with E-state index in [-0.39, 0.29) is 23.5 Å². The molecule has 0 bridgehead atoms. The van der Waals surface area contributed by atoms with Gasteiger partial charge in [0.15, 0.2) is 5.78 Å². The van der Waals surface area contributed by atoms with E-state index in [1.54, 1.807) is 6.07 Å². The summed E-state index contributed by atoms with van der Waals surface area (Å²) in [6, 6.07) is 5.10. The third-order valence-corrected chi connectivity index (χ3v) is 4.47. The third-order valence-electron chi connectivity index (χ3n) is 2.43. The summed E-state index contributed by atoms with van der Waals surface area (Å²) in [7, 11) is -1.51. The predicted octanol–water partition coefficient (Wildman–Crippen LogP) is 1.71. The van der Waals surface area contributed by atoms with Gasteiger partial charge in [0.1, 0.15) is 12.0 Å². The molecular weight excluding hydrogens is 220 g/mol. The van der Waals surface area contributed by atoms with Gasteiger partial charge in [0.25, 0.3) is 0 Å². The van der Waals surface area contributed by atoms with Crippen LogP contribution in [-0.4, -0.2) is 25.2 Å². The smallest absolute Gasteiger partial charge is 0.173 e. The molecule has 0 fully saturated rings. The quantitative estimate of drug-likeness (QED) is 0.375. The van der Waals surface area contributed by atoms with Crippen LogP contribution in [0.5, 0.6) is 5.75 Å². The topological polar surface area (TPSA) is 54.4 Å². The van der Waals surface area contributed by atoms with Crippen molar-refractivity contribution in [3.63, 3.8) is 0 Å². The molecule has 0 heterocycles. The minimum absolute atomic E-state index is 0.0474. The normalized spacial score (nSPS) is 11.2. The van der Waals surface area contributed by atoms with Crippen LogP contribution in [0.25, 0.3) is 0 Å². The zero-order valence-corrected chi connectivity index (χ0v) is 10.8. The maximum atomic E-state index is 11.6. The highest BCUT2D eigenvalue weighted by Crippen LogP contribution is 2.18. The van der Waals surface area contributed by atoms with Crippen LogP contribution in [0.2, 0.25) is 19.6 Å². The first kappa shape index (κ1) is 12.6. The van der Waals surface area contributed by atoms with Gasteiger partial charge in [-0.25, -0.2) is 0 Å². The lowest BCUT2D eigenvalue weighted by Gasteiger charge is -2.17. The van der Waals surface area contributed by atoms with Crippen LogP contribution in [0, 0.1) is 0 Å². The van der Waals surface area contributed by atoms with E-state index >= 15 is 0 Å². The van der Waals surface area contributed by atoms with Crippen molar-refractivity contribution in [1.29, 1.82) is 0 Å². The Morgan fingerprint density at radius 3 is 2.50 bits per heavy atom. The van der Waals surface area contributed by atoms with Gasteiger partial charge in [-0.1, -0.05) is 30.9 Å². The SMILES string of the molecule is C[Si](C)(C)c1ccc(O)c(C(=O)CC=O)c1. The number of rotatable bonds is 4. The second-order valence-corrected chi connectivity index (χ2v) is 9.85. The van der Waals surface area contributed by atoms with Gasteiger partial charge in [0.05, 0.1) is 20.1 Å². The van der Waals surface area contributed by atoms with E-state index in [2.05, 4.69) is 19.6 Å². The maximum Gasteiger partial charge on any atom is 0.173 e. The summed E-state index contributed by atoms with van der Waals surface area (Å²) in [4.78, 5) is 21.9. The molecule has 0 aliphatic carbocycles. The van der Waals surface area contributed by atoms with E-state index in [0.29, 0.717) is 6.29 Å². The predicted molar refractivity (Wildman–Crippen MR) is 66.1 cm³/mol. The van der Waals surface area contributed by atoms with Crippen LogP contribution < -0.4 is 5.19 Å². The number of Topliss-reactive ketones (excluding diaryl/α,β-unsaturated/α-hetero) is 1. The van der Waals surface area contributed by atoms with Gasteiger partial charge in [0, 0.05) is 0 Å². The fraction of sp³-hybridized carbons (Fsp3) is 0.333. The Morgan fingerprint density at radius 1 is 1.38 bits per heavy atom. The second kappa shape index (κ2) is 4.61. The number of phenolic OH excluding ortho intramolecular Hbond substituents is 1. The van der Waals surface area contributed by atoms with Crippen LogP contribution in [0.15, 0.2) is 18.2 Å². The summed E-state index contributed by atoms with van der Waals surface area (Å²) < 4.78 is 0. The number of aldehydes is 1. The van der Waals surface area contributed by atoms with Gasteiger partial charge in [-0.3, -0.25) is 4.79 Å². The van der Waals surface area contributed by atoms with Crippen molar-refractivity contribution >= 4 is 25.3 Å². The molecule has 3 nitrogen and oxygen atoms in total. The molecule has 4 heteroatoms. The van der Waals surface area contributed by atoms with Crippen LogP contribution in [-0.2, 0) is 4.79 Å². The highest BCUT2D eigenvalue weighted by atomic mass is 28.3. The van der Waals surface area contributed by atoms with Gasteiger partial charge in [-0.05, 0) is 12.1 Å². The lowest BCUT2D eigenvalue weighted by Crippen LogP contribution is -2.37. The van der Waals surface area contributed by atoms with Gasteiger partial charge in [0.2, 0.25) is 0 Å². The molecule has 86 valence electrons. The molecule has 0 amide bonds. The molecule has 0 saturated heterocycles. The summed E-state index contributed by atoms with van der Waals surface area (Å²) in [6.45, 7) is 6.48. The van der Waals surface area contributed by atoms with Crippen molar-refractivity contribution < 1.29 is 14.7 Å². The standard InChI is InChI=1S/C12H16O3Si/c1-16(2,3)9-4-5-11(14)10(8-9)12(15)6-7-13/h4-5,7-8,14H,6H2,1-3H3. The zero-order valence-electron chi connectivity index (χ0n) is 9.78. The number of hydrogen-bond acceptors (Lipinski definition) is 3. The number of aromatic hydroxyl groups is 1. The Kier molecular flexibility index (Phi) is 3.65. The highest BCUT2D eigenvalue weighted by molar-refractivity contribution is 6.88. The van der Waals surface area contributed by atoms with E-state index in [9.17, 15) is 14.7 Å². The highest BCUT2D eigenvalue weighted by Gasteiger charge is 2.19. The van der Waals surface area contributed by atoms with Crippen molar-refractivity contribution in [2.24, 2.45) is 0 Å². The molecule has 0 saturated carbocycles. The van der Waals surface area contributed by atoms with Crippen LogP contribution in [0.1, 0.15) is 16.8 Å². The largest absolute Gasteiger partial charge is 0.507 e. The summed E-state index contributed by atoms with van der Waals surface area (Å²) in [5, 5.41) is 10.7. The Balaban J connectivity index is 3.18. The lowest BCUT2D eigenvalue weighted by atomic mass is 10.1. The molecule has 1 rings (SSSR count). The fourth-order valence-corrected chi connectivity index (χ4v) is 2.57. The first-order valence-electron chi connectivity index (χ1n) is 5.16. The van der Waals surface area contributed by atoms with Crippen molar-refractivity contribution in [3.8, 4) is 5.75 Å².